The Bertz CT molecular complexity index is 966. The minimum absolute atomic E-state index is 0.0718. The summed E-state index contributed by atoms with van der Waals surface area (Å²) in [6.07, 6.45) is 1.36. The van der Waals surface area contributed by atoms with Crippen LogP contribution in [0.3, 0.4) is 0 Å². The fourth-order valence-corrected chi connectivity index (χ4v) is 2.25. The third-order valence-electron chi connectivity index (χ3n) is 3.49. The van der Waals surface area contributed by atoms with Gasteiger partial charge in [-0.2, -0.15) is 5.26 Å². The number of amides is 1. The molecule has 1 amide bonds. The van der Waals surface area contributed by atoms with Crippen LogP contribution in [0.4, 0.5) is 5.69 Å². The first kappa shape index (κ1) is 16.1. The SMILES string of the molecule is N#C/C(=C/c1ccc(-c2ccccc2)o1)C(=O)Nc1ccccc1O. The summed E-state index contributed by atoms with van der Waals surface area (Å²) in [4.78, 5) is 12.2. The number of benzene rings is 2. The number of anilines is 1. The maximum Gasteiger partial charge on any atom is 0.266 e. The molecule has 5 nitrogen and oxygen atoms in total. The zero-order valence-corrected chi connectivity index (χ0v) is 13.1. The predicted octanol–water partition coefficient (Wildman–Crippen LogP) is 4.20. The monoisotopic (exact) mass is 330 g/mol. The van der Waals surface area contributed by atoms with E-state index in [-0.39, 0.29) is 17.0 Å². The van der Waals surface area contributed by atoms with Crippen LogP contribution in [0.5, 0.6) is 5.75 Å². The Kier molecular flexibility index (Phi) is 4.63. The van der Waals surface area contributed by atoms with Crippen LogP contribution >= 0.6 is 0 Å². The van der Waals surface area contributed by atoms with Crippen molar-refractivity contribution < 1.29 is 14.3 Å². The van der Waals surface area contributed by atoms with Gasteiger partial charge < -0.3 is 14.8 Å². The number of carbonyl (C=O) groups excluding carboxylic acids is 1. The average molecular weight is 330 g/mol. The number of hydrogen-bond donors (Lipinski definition) is 2. The molecular formula is C20H14N2O3. The number of aromatic hydroxyl groups is 1. The molecule has 0 spiro atoms. The van der Waals surface area contributed by atoms with Gasteiger partial charge in [-0.15, -0.1) is 0 Å². The lowest BCUT2D eigenvalue weighted by molar-refractivity contribution is -0.112. The Morgan fingerprint density at radius 1 is 1.04 bits per heavy atom. The van der Waals surface area contributed by atoms with Crippen molar-refractivity contribution in [2.24, 2.45) is 0 Å². The van der Waals surface area contributed by atoms with E-state index < -0.39 is 5.91 Å². The first-order valence-electron chi connectivity index (χ1n) is 7.54. The van der Waals surface area contributed by atoms with Crippen molar-refractivity contribution in [1.82, 2.24) is 0 Å². The van der Waals surface area contributed by atoms with E-state index in [1.54, 1.807) is 30.3 Å². The molecule has 0 atom stereocenters. The maximum absolute atomic E-state index is 12.2. The normalized spacial score (nSPS) is 10.9. The Balaban J connectivity index is 1.81. The number of rotatable bonds is 4. The number of nitriles is 1. The fourth-order valence-electron chi connectivity index (χ4n) is 2.25. The predicted molar refractivity (Wildman–Crippen MR) is 94.5 cm³/mol. The average Bonchev–Trinajstić information content (AvgIpc) is 3.11. The van der Waals surface area contributed by atoms with Crippen molar-refractivity contribution in [3.63, 3.8) is 0 Å². The first-order valence-corrected chi connectivity index (χ1v) is 7.54. The van der Waals surface area contributed by atoms with Crippen molar-refractivity contribution >= 4 is 17.7 Å². The Labute approximate surface area is 144 Å². The molecule has 2 N–H and O–H groups in total. The van der Waals surface area contributed by atoms with E-state index in [0.717, 1.165) is 5.56 Å². The fraction of sp³-hybridized carbons (Fsp3) is 0. The number of phenolic OH excluding ortho intramolecular Hbond substituents is 1. The van der Waals surface area contributed by atoms with Gasteiger partial charge in [-0.25, -0.2) is 0 Å². The van der Waals surface area contributed by atoms with Gasteiger partial charge in [0.1, 0.15) is 28.9 Å². The zero-order valence-electron chi connectivity index (χ0n) is 13.1. The van der Waals surface area contributed by atoms with Crippen LogP contribution in [0.15, 0.2) is 76.7 Å². The van der Waals surface area contributed by atoms with Crippen molar-refractivity contribution in [3.05, 3.63) is 78.1 Å². The van der Waals surface area contributed by atoms with Gasteiger partial charge in [-0.05, 0) is 24.3 Å². The van der Waals surface area contributed by atoms with Gasteiger partial charge >= 0.3 is 0 Å². The molecule has 1 heterocycles. The topological polar surface area (TPSA) is 86.3 Å². The highest BCUT2D eigenvalue weighted by Gasteiger charge is 2.13. The molecule has 0 radical (unpaired) electrons. The summed E-state index contributed by atoms with van der Waals surface area (Å²) in [5.74, 6) is 0.340. The lowest BCUT2D eigenvalue weighted by atomic mass is 10.2. The lowest BCUT2D eigenvalue weighted by Gasteiger charge is -2.05. The van der Waals surface area contributed by atoms with Gasteiger partial charge in [0, 0.05) is 11.6 Å². The number of phenols is 1. The molecular weight excluding hydrogens is 316 g/mol. The summed E-state index contributed by atoms with van der Waals surface area (Å²) in [6.45, 7) is 0. The number of furan rings is 1. The minimum atomic E-state index is -0.623. The number of para-hydroxylation sites is 2. The quantitative estimate of drug-likeness (QED) is 0.426. The highest BCUT2D eigenvalue weighted by atomic mass is 16.3. The van der Waals surface area contributed by atoms with E-state index in [4.69, 9.17) is 4.42 Å². The summed E-state index contributed by atoms with van der Waals surface area (Å²) in [5.41, 5.74) is 1.01. The van der Waals surface area contributed by atoms with E-state index >= 15 is 0 Å². The second-order valence-electron chi connectivity index (χ2n) is 5.21. The van der Waals surface area contributed by atoms with Crippen molar-refractivity contribution in [1.29, 1.82) is 5.26 Å². The third-order valence-corrected chi connectivity index (χ3v) is 3.49. The lowest BCUT2D eigenvalue weighted by Crippen LogP contribution is -2.13. The molecule has 0 aliphatic carbocycles. The number of carbonyl (C=O) groups is 1. The smallest absolute Gasteiger partial charge is 0.266 e. The van der Waals surface area contributed by atoms with Crippen LogP contribution in [0.2, 0.25) is 0 Å². The van der Waals surface area contributed by atoms with Crippen LogP contribution in [0, 0.1) is 11.3 Å². The molecule has 0 saturated carbocycles. The van der Waals surface area contributed by atoms with Crippen LogP contribution in [-0.2, 0) is 4.79 Å². The molecule has 0 fully saturated rings. The van der Waals surface area contributed by atoms with E-state index in [2.05, 4.69) is 5.32 Å². The van der Waals surface area contributed by atoms with E-state index in [9.17, 15) is 15.2 Å². The van der Waals surface area contributed by atoms with Crippen LogP contribution in [0.1, 0.15) is 5.76 Å². The third kappa shape index (κ3) is 3.77. The summed E-state index contributed by atoms with van der Waals surface area (Å²) in [7, 11) is 0. The summed E-state index contributed by atoms with van der Waals surface area (Å²) in [5, 5.41) is 21.4. The van der Waals surface area contributed by atoms with Gasteiger partial charge in [-0.1, -0.05) is 42.5 Å². The Hall–Kier alpha value is -3.78. The molecule has 3 rings (SSSR count). The molecule has 0 bridgehead atoms. The van der Waals surface area contributed by atoms with Crippen LogP contribution in [0.25, 0.3) is 17.4 Å². The van der Waals surface area contributed by atoms with Gasteiger partial charge in [-0.3, -0.25) is 4.79 Å². The summed E-state index contributed by atoms with van der Waals surface area (Å²) >= 11 is 0. The molecule has 2 aromatic carbocycles. The van der Waals surface area contributed by atoms with Crippen LogP contribution in [-0.4, -0.2) is 11.0 Å². The Morgan fingerprint density at radius 3 is 2.48 bits per heavy atom. The molecule has 0 unspecified atom stereocenters. The first-order chi connectivity index (χ1) is 12.2. The molecule has 3 aromatic rings. The van der Waals surface area contributed by atoms with Crippen molar-refractivity contribution in [2.45, 2.75) is 0 Å². The van der Waals surface area contributed by atoms with E-state index in [1.807, 2.05) is 36.4 Å². The standard InChI is InChI=1S/C20H14N2O3/c21-13-15(20(24)22-17-8-4-5-9-18(17)23)12-16-10-11-19(25-16)14-6-2-1-3-7-14/h1-12,23H,(H,22,24)/b15-12-. The van der Waals surface area contributed by atoms with Gasteiger partial charge in [0.05, 0.1) is 5.69 Å². The van der Waals surface area contributed by atoms with E-state index in [0.29, 0.717) is 11.5 Å². The second kappa shape index (κ2) is 7.20. The number of nitrogens with one attached hydrogen (secondary N) is 1. The molecule has 1 aromatic heterocycles. The highest BCUT2D eigenvalue weighted by Crippen LogP contribution is 2.24. The Morgan fingerprint density at radius 2 is 1.76 bits per heavy atom. The molecule has 0 aliphatic rings. The van der Waals surface area contributed by atoms with Gasteiger partial charge in [0.2, 0.25) is 0 Å². The van der Waals surface area contributed by atoms with Crippen LogP contribution < -0.4 is 5.32 Å². The molecule has 5 heteroatoms. The summed E-state index contributed by atoms with van der Waals surface area (Å²) < 4.78 is 5.67. The second-order valence-corrected chi connectivity index (χ2v) is 5.21. The maximum atomic E-state index is 12.2. The molecule has 0 saturated heterocycles. The van der Waals surface area contributed by atoms with Gasteiger partial charge in [0.15, 0.2) is 0 Å². The minimum Gasteiger partial charge on any atom is -0.506 e. The van der Waals surface area contributed by atoms with E-state index in [1.165, 1.54) is 12.1 Å². The number of hydrogen-bond acceptors (Lipinski definition) is 4. The zero-order chi connectivity index (χ0) is 17.6. The molecule has 0 aliphatic heterocycles. The van der Waals surface area contributed by atoms with Crippen molar-refractivity contribution in [2.75, 3.05) is 5.32 Å². The largest absolute Gasteiger partial charge is 0.506 e. The molecule has 25 heavy (non-hydrogen) atoms. The highest BCUT2D eigenvalue weighted by molar-refractivity contribution is 6.10. The summed E-state index contributed by atoms with van der Waals surface area (Å²) in [6, 6.07) is 21.1. The number of nitrogens with zero attached hydrogens (tertiary/aromatic N) is 1. The van der Waals surface area contributed by atoms with Crippen molar-refractivity contribution in [3.8, 4) is 23.1 Å². The molecule has 122 valence electrons. The van der Waals surface area contributed by atoms with Gasteiger partial charge in [0.25, 0.3) is 5.91 Å².